The number of benzene rings is 1. The van der Waals surface area contributed by atoms with E-state index in [1.54, 1.807) is 9.80 Å². The Bertz CT molecular complexity index is 1030. The number of imidazole rings is 1. The second-order valence-electron chi connectivity index (χ2n) is 8.55. The number of hydrogen-bond acceptors (Lipinski definition) is 5. The molecule has 1 aromatic heterocycles. The van der Waals surface area contributed by atoms with E-state index in [0.29, 0.717) is 25.6 Å². The second kappa shape index (κ2) is 8.97. The molecule has 32 heavy (non-hydrogen) atoms. The number of nitrogens with zero attached hydrogens (tertiary/aromatic N) is 4. The van der Waals surface area contributed by atoms with E-state index in [-0.39, 0.29) is 48.4 Å². The highest BCUT2D eigenvalue weighted by Crippen LogP contribution is 2.28. The Kier molecular flexibility index (Phi) is 6.27. The minimum absolute atomic E-state index is 0.127. The van der Waals surface area contributed by atoms with E-state index in [4.69, 9.17) is 5.73 Å². The summed E-state index contributed by atoms with van der Waals surface area (Å²) in [6.45, 7) is 2.71. The molecule has 0 bridgehead atoms. The predicted molar refractivity (Wildman–Crippen MR) is 113 cm³/mol. The molecule has 0 spiro atoms. The fourth-order valence-corrected chi connectivity index (χ4v) is 4.48. The van der Waals surface area contributed by atoms with E-state index in [9.17, 15) is 22.8 Å². The summed E-state index contributed by atoms with van der Waals surface area (Å²) >= 11 is 0. The van der Waals surface area contributed by atoms with Gasteiger partial charge in [-0.25, -0.2) is 18.2 Å². The van der Waals surface area contributed by atoms with Gasteiger partial charge < -0.3 is 25.4 Å². The number of piperidine rings is 2. The lowest BCUT2D eigenvalue weighted by atomic mass is 10.1. The van der Waals surface area contributed by atoms with Gasteiger partial charge in [0.05, 0.1) is 17.1 Å². The summed E-state index contributed by atoms with van der Waals surface area (Å²) < 4.78 is 43.3. The molecule has 0 saturated carbocycles. The molecule has 2 amide bonds. The summed E-state index contributed by atoms with van der Waals surface area (Å²) in [4.78, 5) is 32.4. The first-order valence-electron chi connectivity index (χ1n) is 10.8. The van der Waals surface area contributed by atoms with Crippen molar-refractivity contribution in [1.29, 1.82) is 0 Å². The zero-order valence-corrected chi connectivity index (χ0v) is 17.9. The van der Waals surface area contributed by atoms with Gasteiger partial charge in [-0.2, -0.15) is 0 Å². The number of alkyl halides is 1. The number of carbonyl (C=O) groups excluding carboxylic acids is 2. The Morgan fingerprint density at radius 1 is 1.19 bits per heavy atom. The van der Waals surface area contributed by atoms with E-state index in [0.717, 1.165) is 25.0 Å². The third-order valence-electron chi connectivity index (χ3n) is 6.10. The maximum absolute atomic E-state index is 14.0. The molecule has 174 valence electrons. The number of anilines is 1. The van der Waals surface area contributed by atoms with Crippen molar-refractivity contribution in [3.63, 3.8) is 0 Å². The van der Waals surface area contributed by atoms with E-state index in [2.05, 4.69) is 10.3 Å². The monoisotopic (exact) mass is 452 g/mol. The molecule has 0 aliphatic carbocycles. The van der Waals surface area contributed by atoms with Crippen LogP contribution in [0.15, 0.2) is 12.1 Å². The molecule has 4 rings (SSSR count). The first-order valence-corrected chi connectivity index (χ1v) is 10.8. The number of nitrogens with one attached hydrogen (secondary N) is 1. The quantitative estimate of drug-likeness (QED) is 0.730. The van der Waals surface area contributed by atoms with Gasteiger partial charge in [0.1, 0.15) is 12.7 Å². The first kappa shape index (κ1) is 22.4. The van der Waals surface area contributed by atoms with Crippen LogP contribution in [0, 0.1) is 11.6 Å². The standard InChI is InChI=1S/C21H27F3N6O2/c1-12(31)26-13-3-2-5-28(9-13)20(32)11-30-19-8-16(24)15(23)7-18(19)27-21(30)29-6-4-14(22)17(25)10-29/h7-8,13-14,17H,2-6,9-11,25H2,1H3,(H,26,31)/t13?,14-,17-/m1/s1. The van der Waals surface area contributed by atoms with Gasteiger partial charge >= 0.3 is 0 Å². The SMILES string of the molecule is CC(=O)NC1CCCN(C(=O)Cn2c(N3CC[C@@H](F)[C@H](N)C3)nc3cc(F)c(F)cc32)C1. The van der Waals surface area contributed by atoms with E-state index in [1.165, 1.54) is 11.5 Å². The number of carbonyl (C=O) groups is 2. The number of amides is 2. The zero-order chi connectivity index (χ0) is 23.0. The third-order valence-corrected chi connectivity index (χ3v) is 6.10. The maximum Gasteiger partial charge on any atom is 0.242 e. The summed E-state index contributed by atoms with van der Waals surface area (Å²) in [7, 11) is 0. The van der Waals surface area contributed by atoms with Gasteiger partial charge in [0.2, 0.25) is 17.8 Å². The molecule has 0 radical (unpaired) electrons. The summed E-state index contributed by atoms with van der Waals surface area (Å²) in [5.74, 6) is -2.13. The van der Waals surface area contributed by atoms with Gasteiger partial charge in [0.15, 0.2) is 11.6 Å². The third kappa shape index (κ3) is 4.52. The molecule has 1 unspecified atom stereocenters. The fourth-order valence-electron chi connectivity index (χ4n) is 4.48. The number of fused-ring (bicyclic) bond motifs is 1. The molecule has 2 aliphatic heterocycles. The summed E-state index contributed by atoms with van der Waals surface area (Å²) in [6, 6.07) is 1.16. The van der Waals surface area contributed by atoms with E-state index in [1.807, 2.05) is 0 Å². The topological polar surface area (TPSA) is 96.5 Å². The number of rotatable bonds is 4. The summed E-state index contributed by atoms with van der Waals surface area (Å²) in [6.07, 6.45) is 0.585. The molecule has 3 heterocycles. The Hall–Kier alpha value is -2.82. The van der Waals surface area contributed by atoms with Crippen molar-refractivity contribution in [1.82, 2.24) is 19.8 Å². The van der Waals surface area contributed by atoms with E-state index >= 15 is 0 Å². The molecular formula is C21H27F3N6O2. The minimum Gasteiger partial charge on any atom is -0.352 e. The first-order chi connectivity index (χ1) is 15.2. The minimum atomic E-state index is -1.14. The molecule has 1 aromatic carbocycles. The zero-order valence-electron chi connectivity index (χ0n) is 17.9. The second-order valence-corrected chi connectivity index (χ2v) is 8.55. The lowest BCUT2D eigenvalue weighted by molar-refractivity contribution is -0.134. The van der Waals surface area contributed by atoms with Crippen LogP contribution < -0.4 is 16.0 Å². The molecule has 2 saturated heterocycles. The Morgan fingerprint density at radius 2 is 1.94 bits per heavy atom. The number of aromatic nitrogens is 2. The molecule has 2 fully saturated rings. The van der Waals surface area contributed by atoms with E-state index < -0.39 is 23.8 Å². The number of hydrogen-bond donors (Lipinski definition) is 2. The molecular weight excluding hydrogens is 425 g/mol. The van der Waals surface area contributed by atoms with Crippen LogP contribution in [0.3, 0.4) is 0 Å². The van der Waals surface area contributed by atoms with Crippen LogP contribution >= 0.6 is 0 Å². The summed E-state index contributed by atoms with van der Waals surface area (Å²) in [5.41, 5.74) is 6.37. The van der Waals surface area contributed by atoms with Crippen LogP contribution in [-0.4, -0.2) is 70.7 Å². The normalized spacial score (nSPS) is 24.1. The van der Waals surface area contributed by atoms with Crippen LogP contribution in [-0.2, 0) is 16.1 Å². The molecule has 3 atom stereocenters. The van der Waals surface area contributed by atoms with Crippen LogP contribution in [0.2, 0.25) is 0 Å². The van der Waals surface area contributed by atoms with Crippen molar-refractivity contribution in [2.24, 2.45) is 5.73 Å². The summed E-state index contributed by atoms with van der Waals surface area (Å²) in [5, 5.41) is 2.84. The van der Waals surface area contributed by atoms with Crippen molar-refractivity contribution in [3.05, 3.63) is 23.8 Å². The van der Waals surface area contributed by atoms with Gasteiger partial charge in [-0.05, 0) is 19.3 Å². The number of nitrogens with two attached hydrogens (primary N) is 1. The van der Waals surface area contributed by atoms with Gasteiger partial charge in [-0.1, -0.05) is 0 Å². The number of likely N-dealkylation sites (tertiary alicyclic amines) is 1. The van der Waals surface area contributed by atoms with Crippen molar-refractivity contribution >= 4 is 28.8 Å². The molecule has 2 aliphatic rings. The Balaban J connectivity index is 1.63. The predicted octanol–water partition coefficient (Wildman–Crippen LogP) is 1.32. The maximum atomic E-state index is 14.0. The van der Waals surface area contributed by atoms with Gasteiger partial charge in [-0.15, -0.1) is 0 Å². The largest absolute Gasteiger partial charge is 0.352 e. The van der Waals surface area contributed by atoms with Crippen molar-refractivity contribution in [2.75, 3.05) is 31.1 Å². The van der Waals surface area contributed by atoms with Gasteiger partial charge in [-0.3, -0.25) is 9.59 Å². The van der Waals surface area contributed by atoms with Gasteiger partial charge in [0.25, 0.3) is 0 Å². The molecule has 2 aromatic rings. The van der Waals surface area contributed by atoms with Crippen LogP contribution in [0.5, 0.6) is 0 Å². The highest BCUT2D eigenvalue weighted by molar-refractivity contribution is 5.83. The van der Waals surface area contributed by atoms with Crippen molar-refractivity contribution in [3.8, 4) is 0 Å². The van der Waals surface area contributed by atoms with Crippen molar-refractivity contribution < 1.29 is 22.8 Å². The van der Waals surface area contributed by atoms with Gasteiger partial charge in [0, 0.05) is 51.3 Å². The van der Waals surface area contributed by atoms with Crippen molar-refractivity contribution in [2.45, 2.75) is 51.0 Å². The number of halogens is 3. The highest BCUT2D eigenvalue weighted by Gasteiger charge is 2.31. The molecule has 8 nitrogen and oxygen atoms in total. The molecule has 3 N–H and O–H groups in total. The highest BCUT2D eigenvalue weighted by atomic mass is 19.2. The Labute approximate surface area is 183 Å². The van der Waals surface area contributed by atoms with Crippen LogP contribution in [0.4, 0.5) is 19.1 Å². The fraction of sp³-hybridized carbons (Fsp3) is 0.571. The molecule has 11 heteroatoms. The van der Waals surface area contributed by atoms with Crippen LogP contribution in [0.1, 0.15) is 26.2 Å². The Morgan fingerprint density at radius 3 is 2.66 bits per heavy atom. The lowest BCUT2D eigenvalue weighted by Gasteiger charge is -2.35. The average Bonchev–Trinajstić information content (AvgIpc) is 3.07. The van der Waals surface area contributed by atoms with Crippen LogP contribution in [0.25, 0.3) is 11.0 Å². The smallest absolute Gasteiger partial charge is 0.242 e. The average molecular weight is 452 g/mol. The lowest BCUT2D eigenvalue weighted by Crippen LogP contribution is -2.51.